The number of rotatable bonds is 0. The molecule has 0 fully saturated rings. The summed E-state index contributed by atoms with van der Waals surface area (Å²) in [6, 6.07) is 0. The van der Waals surface area contributed by atoms with Crippen molar-refractivity contribution in [2.45, 2.75) is 26.2 Å². The molecule has 64 valence electrons. The molecule has 2 rings (SSSR count). The average Bonchev–Trinajstić information content (AvgIpc) is 2.29. The first kappa shape index (κ1) is 7.53. The minimum atomic E-state index is -0.165. The van der Waals surface area contributed by atoms with Gasteiger partial charge in [0.25, 0.3) is 11.8 Å². The van der Waals surface area contributed by atoms with Crippen LogP contribution in [0.3, 0.4) is 0 Å². The van der Waals surface area contributed by atoms with Crippen LogP contribution in [0.25, 0.3) is 0 Å². The highest BCUT2D eigenvalue weighted by Crippen LogP contribution is 2.32. The van der Waals surface area contributed by atoms with E-state index in [2.05, 4.69) is 5.32 Å². The van der Waals surface area contributed by atoms with Crippen LogP contribution >= 0.6 is 0 Å². The van der Waals surface area contributed by atoms with Crippen LogP contribution in [-0.4, -0.2) is 11.8 Å². The van der Waals surface area contributed by atoms with E-state index < -0.39 is 0 Å². The van der Waals surface area contributed by atoms with Crippen LogP contribution in [-0.2, 0) is 9.59 Å². The molecule has 0 saturated heterocycles. The van der Waals surface area contributed by atoms with E-state index in [1.165, 1.54) is 0 Å². The first-order valence-corrected chi connectivity index (χ1v) is 4.29. The second-order valence-electron chi connectivity index (χ2n) is 3.47. The summed E-state index contributed by atoms with van der Waals surface area (Å²) in [7, 11) is 0. The van der Waals surface area contributed by atoms with E-state index in [9.17, 15) is 9.59 Å². The normalized spacial score (nSPS) is 28.9. The maximum absolute atomic E-state index is 11.2. The topological polar surface area (TPSA) is 46.2 Å². The Hall–Kier alpha value is -1.12. The summed E-state index contributed by atoms with van der Waals surface area (Å²) >= 11 is 0. The molecule has 0 spiro atoms. The average molecular weight is 165 g/mol. The molecule has 1 aliphatic heterocycles. The van der Waals surface area contributed by atoms with Gasteiger partial charge in [-0.2, -0.15) is 0 Å². The smallest absolute Gasteiger partial charge is 0.254 e. The van der Waals surface area contributed by atoms with Gasteiger partial charge in [-0.15, -0.1) is 0 Å². The third-order valence-corrected chi connectivity index (χ3v) is 2.63. The van der Waals surface area contributed by atoms with Crippen LogP contribution in [0.4, 0.5) is 0 Å². The van der Waals surface area contributed by atoms with Crippen LogP contribution in [0.1, 0.15) is 26.2 Å². The zero-order valence-corrected chi connectivity index (χ0v) is 7.02. The molecule has 1 unspecified atom stereocenters. The third-order valence-electron chi connectivity index (χ3n) is 2.63. The first-order chi connectivity index (χ1) is 5.70. The highest BCUT2D eigenvalue weighted by Gasteiger charge is 2.34. The Bertz CT molecular complexity index is 291. The third kappa shape index (κ3) is 0.891. The van der Waals surface area contributed by atoms with Gasteiger partial charge in [-0.3, -0.25) is 14.9 Å². The van der Waals surface area contributed by atoms with E-state index in [1.807, 2.05) is 6.92 Å². The molecule has 1 aliphatic carbocycles. The predicted molar refractivity (Wildman–Crippen MR) is 43.2 cm³/mol. The number of hydrogen-bond acceptors (Lipinski definition) is 2. The summed E-state index contributed by atoms with van der Waals surface area (Å²) < 4.78 is 0. The summed E-state index contributed by atoms with van der Waals surface area (Å²) in [6.45, 7) is 2.01. The summed E-state index contributed by atoms with van der Waals surface area (Å²) in [6.07, 6.45) is 2.83. The minimum Gasteiger partial charge on any atom is -0.289 e. The van der Waals surface area contributed by atoms with Gasteiger partial charge in [-0.05, 0) is 25.2 Å². The van der Waals surface area contributed by atoms with E-state index in [4.69, 9.17) is 0 Å². The monoisotopic (exact) mass is 165 g/mol. The van der Waals surface area contributed by atoms with Gasteiger partial charge in [0, 0.05) is 11.1 Å². The van der Waals surface area contributed by atoms with Gasteiger partial charge in [-0.25, -0.2) is 0 Å². The number of imide groups is 1. The molecular formula is C9H11NO2. The van der Waals surface area contributed by atoms with Crippen LogP contribution in [0.2, 0.25) is 0 Å². The summed E-state index contributed by atoms with van der Waals surface area (Å²) in [5.74, 6) is -0.0658. The first-order valence-electron chi connectivity index (χ1n) is 4.29. The van der Waals surface area contributed by atoms with Gasteiger partial charge in [0.15, 0.2) is 0 Å². The Labute approximate surface area is 70.8 Å². The fraction of sp³-hybridized carbons (Fsp3) is 0.556. The van der Waals surface area contributed by atoms with Gasteiger partial charge >= 0.3 is 0 Å². The fourth-order valence-corrected chi connectivity index (χ4v) is 2.00. The second-order valence-corrected chi connectivity index (χ2v) is 3.47. The van der Waals surface area contributed by atoms with Crippen molar-refractivity contribution in [3.8, 4) is 0 Å². The van der Waals surface area contributed by atoms with Crippen molar-refractivity contribution in [2.75, 3.05) is 0 Å². The SMILES string of the molecule is CC1CCCC2=C1C(=O)NC2=O. The standard InChI is InChI=1S/C9H11NO2/c1-5-3-2-4-6-7(5)9(12)10-8(6)11/h5H,2-4H2,1H3,(H,10,11,12). The van der Waals surface area contributed by atoms with Crippen LogP contribution in [0.5, 0.6) is 0 Å². The molecule has 0 radical (unpaired) electrons. The molecule has 0 saturated carbocycles. The second kappa shape index (κ2) is 2.44. The van der Waals surface area contributed by atoms with E-state index in [1.54, 1.807) is 0 Å². The Morgan fingerprint density at radius 2 is 2.08 bits per heavy atom. The molecule has 1 N–H and O–H groups in total. The van der Waals surface area contributed by atoms with E-state index in [-0.39, 0.29) is 17.7 Å². The van der Waals surface area contributed by atoms with Crippen LogP contribution in [0.15, 0.2) is 11.1 Å². The van der Waals surface area contributed by atoms with Crippen LogP contribution < -0.4 is 5.32 Å². The van der Waals surface area contributed by atoms with Gasteiger partial charge in [-0.1, -0.05) is 6.92 Å². The largest absolute Gasteiger partial charge is 0.289 e. The quantitative estimate of drug-likeness (QED) is 0.538. The number of hydrogen-bond donors (Lipinski definition) is 1. The molecule has 2 amide bonds. The fourth-order valence-electron chi connectivity index (χ4n) is 2.00. The molecule has 0 aromatic heterocycles. The lowest BCUT2D eigenvalue weighted by Crippen LogP contribution is -2.23. The lowest BCUT2D eigenvalue weighted by atomic mass is 9.85. The van der Waals surface area contributed by atoms with Crippen molar-refractivity contribution in [3.63, 3.8) is 0 Å². The molecule has 0 aromatic carbocycles. The molecule has 3 nitrogen and oxygen atoms in total. The Morgan fingerprint density at radius 3 is 2.75 bits per heavy atom. The molecule has 2 aliphatic rings. The number of carbonyl (C=O) groups excluding carboxylic acids is 2. The van der Waals surface area contributed by atoms with Crippen molar-refractivity contribution >= 4 is 11.8 Å². The molecule has 0 aromatic rings. The van der Waals surface area contributed by atoms with Gasteiger partial charge in [0.05, 0.1) is 0 Å². The number of nitrogens with one attached hydrogen (secondary N) is 1. The Kier molecular flexibility index (Phi) is 1.53. The molecule has 0 bridgehead atoms. The zero-order valence-electron chi connectivity index (χ0n) is 7.02. The number of amides is 2. The summed E-state index contributed by atoms with van der Waals surface area (Å²) in [4.78, 5) is 22.4. The van der Waals surface area contributed by atoms with Crippen molar-refractivity contribution in [2.24, 2.45) is 5.92 Å². The zero-order chi connectivity index (χ0) is 8.72. The maximum atomic E-state index is 11.2. The predicted octanol–water partition coefficient (Wildman–Crippen LogP) is 0.759. The van der Waals surface area contributed by atoms with Crippen molar-refractivity contribution in [1.82, 2.24) is 5.32 Å². The van der Waals surface area contributed by atoms with E-state index in [0.717, 1.165) is 30.4 Å². The van der Waals surface area contributed by atoms with Gasteiger partial charge in [0.2, 0.25) is 0 Å². The Balaban J connectivity index is 2.44. The van der Waals surface area contributed by atoms with Crippen molar-refractivity contribution in [3.05, 3.63) is 11.1 Å². The van der Waals surface area contributed by atoms with Crippen LogP contribution in [0, 0.1) is 5.92 Å². The molecule has 1 heterocycles. The summed E-state index contributed by atoms with van der Waals surface area (Å²) in [5.41, 5.74) is 1.48. The molecule has 1 atom stereocenters. The van der Waals surface area contributed by atoms with Crippen molar-refractivity contribution in [1.29, 1.82) is 0 Å². The molecular weight excluding hydrogens is 154 g/mol. The molecule has 3 heteroatoms. The maximum Gasteiger partial charge on any atom is 0.254 e. The summed E-state index contributed by atoms with van der Waals surface area (Å²) in [5, 5.41) is 2.34. The van der Waals surface area contributed by atoms with Crippen molar-refractivity contribution < 1.29 is 9.59 Å². The van der Waals surface area contributed by atoms with E-state index >= 15 is 0 Å². The van der Waals surface area contributed by atoms with E-state index in [0.29, 0.717) is 0 Å². The number of carbonyl (C=O) groups is 2. The molecule has 12 heavy (non-hydrogen) atoms. The lowest BCUT2D eigenvalue weighted by Gasteiger charge is -2.17. The minimum absolute atomic E-state index is 0.165. The van der Waals surface area contributed by atoms with Gasteiger partial charge < -0.3 is 0 Å². The van der Waals surface area contributed by atoms with Gasteiger partial charge in [0.1, 0.15) is 0 Å². The highest BCUT2D eigenvalue weighted by atomic mass is 16.2. The highest BCUT2D eigenvalue weighted by molar-refractivity contribution is 6.19. The lowest BCUT2D eigenvalue weighted by molar-refractivity contribution is -0.124. The Morgan fingerprint density at radius 1 is 1.33 bits per heavy atom.